The van der Waals surface area contributed by atoms with Gasteiger partial charge in [0.05, 0.1) is 43.4 Å². The van der Waals surface area contributed by atoms with Crippen LogP contribution in [0.15, 0.2) is 60.9 Å². The van der Waals surface area contributed by atoms with Crippen molar-refractivity contribution < 1.29 is 37.0 Å². The molecule has 13 heteroatoms. The van der Waals surface area contributed by atoms with Crippen LogP contribution in [0.1, 0.15) is 56.5 Å². The number of aromatic nitrogens is 3. The molecule has 1 aliphatic heterocycles. The van der Waals surface area contributed by atoms with Crippen molar-refractivity contribution in [1.82, 2.24) is 19.9 Å². The zero-order valence-electron chi connectivity index (χ0n) is 23.4. The second-order valence-electron chi connectivity index (χ2n) is 9.93. The topological polar surface area (TPSA) is 116 Å². The standard InChI is InChI=1S/C28H35F2N4O6P/c1-5-38-41(37,39-6-2)28(29,30)27(4,36)21-10-9-11-22(18-21)40-23-15-14-20(3)33(19-23)26(35)24-12-7-8-13-25(24)34-31-16-17-32-34/h7-13,16-18,20,23,36H,5-6,14-15,19H2,1-4H3/t20-,23-,27?/m1/s1. The van der Waals surface area contributed by atoms with Crippen molar-refractivity contribution in [3.05, 3.63) is 72.1 Å². The minimum absolute atomic E-state index is 0.0713. The van der Waals surface area contributed by atoms with Crippen molar-refractivity contribution in [1.29, 1.82) is 0 Å². The molecule has 222 valence electrons. The lowest BCUT2D eigenvalue weighted by atomic mass is 9.96. The van der Waals surface area contributed by atoms with Gasteiger partial charge in [-0.2, -0.15) is 23.8 Å². The molecule has 10 nitrogen and oxygen atoms in total. The van der Waals surface area contributed by atoms with E-state index in [1.165, 1.54) is 49.2 Å². The Labute approximate surface area is 237 Å². The maximum atomic E-state index is 15.5. The van der Waals surface area contributed by atoms with Gasteiger partial charge in [0, 0.05) is 6.04 Å². The van der Waals surface area contributed by atoms with Gasteiger partial charge >= 0.3 is 13.3 Å². The summed E-state index contributed by atoms with van der Waals surface area (Å²) in [5, 5.41) is 19.3. The predicted octanol–water partition coefficient (Wildman–Crippen LogP) is 5.41. The Morgan fingerprint density at radius 2 is 1.73 bits per heavy atom. The second kappa shape index (κ2) is 12.4. The van der Waals surface area contributed by atoms with Gasteiger partial charge in [-0.25, -0.2) is 0 Å². The summed E-state index contributed by atoms with van der Waals surface area (Å²) < 4.78 is 59.9. The number of ether oxygens (including phenoxy) is 1. The number of hydrogen-bond acceptors (Lipinski definition) is 8. The third-order valence-electron chi connectivity index (χ3n) is 7.10. The average Bonchev–Trinajstić information content (AvgIpc) is 3.49. The fourth-order valence-electron chi connectivity index (χ4n) is 4.82. The first-order chi connectivity index (χ1) is 19.4. The van der Waals surface area contributed by atoms with Crippen LogP contribution in [0.5, 0.6) is 5.75 Å². The molecule has 0 bridgehead atoms. The number of benzene rings is 2. The first kappa shape index (κ1) is 30.8. The van der Waals surface area contributed by atoms with Crippen molar-refractivity contribution in [2.45, 2.75) is 63.9 Å². The van der Waals surface area contributed by atoms with Crippen LogP contribution >= 0.6 is 7.60 Å². The summed E-state index contributed by atoms with van der Waals surface area (Å²) in [6.07, 6.45) is 3.89. The van der Waals surface area contributed by atoms with Crippen LogP contribution in [0, 0.1) is 0 Å². The molecule has 1 saturated heterocycles. The molecule has 1 fully saturated rings. The quantitative estimate of drug-likeness (QED) is 0.294. The highest BCUT2D eigenvalue weighted by Crippen LogP contribution is 2.67. The van der Waals surface area contributed by atoms with Crippen LogP contribution < -0.4 is 4.74 Å². The maximum absolute atomic E-state index is 15.5. The van der Waals surface area contributed by atoms with Gasteiger partial charge in [0.1, 0.15) is 11.9 Å². The third-order valence-corrected chi connectivity index (χ3v) is 9.41. The molecular formula is C28H35F2N4O6P. The van der Waals surface area contributed by atoms with Crippen LogP contribution in [0.2, 0.25) is 0 Å². The Morgan fingerprint density at radius 3 is 2.39 bits per heavy atom. The Bertz CT molecular complexity index is 1380. The summed E-state index contributed by atoms with van der Waals surface area (Å²) in [4.78, 5) is 16.8. The van der Waals surface area contributed by atoms with Crippen LogP contribution in [-0.2, 0) is 19.2 Å². The smallest absolute Gasteiger partial charge is 0.403 e. The lowest BCUT2D eigenvalue weighted by Crippen LogP contribution is -2.49. The van der Waals surface area contributed by atoms with Crippen molar-refractivity contribution in [3.63, 3.8) is 0 Å². The highest BCUT2D eigenvalue weighted by molar-refractivity contribution is 7.55. The van der Waals surface area contributed by atoms with Crippen molar-refractivity contribution in [2.75, 3.05) is 19.8 Å². The summed E-state index contributed by atoms with van der Waals surface area (Å²) in [5.41, 5.74) is -6.41. The number of piperidine rings is 1. The number of rotatable bonds is 11. The van der Waals surface area contributed by atoms with E-state index in [0.717, 1.165) is 6.92 Å². The molecule has 1 aliphatic rings. The molecule has 41 heavy (non-hydrogen) atoms. The molecule has 1 aromatic heterocycles. The number of carbonyl (C=O) groups excluding carboxylic acids is 1. The molecular weight excluding hydrogens is 557 g/mol. The van der Waals surface area contributed by atoms with Gasteiger partial charge in [-0.05, 0) is 70.4 Å². The molecule has 2 heterocycles. The number of para-hydroxylation sites is 1. The first-order valence-electron chi connectivity index (χ1n) is 13.5. The summed E-state index contributed by atoms with van der Waals surface area (Å²) in [6.45, 7) is 5.33. The molecule has 0 radical (unpaired) electrons. The van der Waals surface area contributed by atoms with Gasteiger partial charge in [0.15, 0.2) is 5.60 Å². The fraction of sp³-hybridized carbons (Fsp3) is 0.464. The summed E-state index contributed by atoms with van der Waals surface area (Å²) >= 11 is 0. The van der Waals surface area contributed by atoms with Crippen molar-refractivity contribution in [2.24, 2.45) is 0 Å². The van der Waals surface area contributed by atoms with E-state index in [9.17, 15) is 14.5 Å². The minimum atomic E-state index is -5.02. The summed E-state index contributed by atoms with van der Waals surface area (Å²) in [7, 11) is -5.02. The number of alkyl halides is 2. The molecule has 3 atom stereocenters. The number of nitrogens with zero attached hydrogens (tertiary/aromatic N) is 4. The van der Waals surface area contributed by atoms with Gasteiger partial charge in [-0.15, -0.1) is 0 Å². The molecule has 0 aliphatic carbocycles. The molecule has 0 saturated carbocycles. The molecule has 1 amide bonds. The molecule has 0 spiro atoms. The van der Waals surface area contributed by atoms with E-state index in [1.807, 2.05) is 6.92 Å². The van der Waals surface area contributed by atoms with Gasteiger partial charge < -0.3 is 23.8 Å². The van der Waals surface area contributed by atoms with E-state index in [4.69, 9.17) is 13.8 Å². The van der Waals surface area contributed by atoms with Gasteiger partial charge in [-0.3, -0.25) is 9.36 Å². The maximum Gasteiger partial charge on any atom is 0.403 e. The second-order valence-corrected chi connectivity index (χ2v) is 12.0. The summed E-state index contributed by atoms with van der Waals surface area (Å²) in [6, 6.07) is 12.6. The Kier molecular flexibility index (Phi) is 9.28. The van der Waals surface area contributed by atoms with Crippen molar-refractivity contribution >= 4 is 13.5 Å². The third kappa shape index (κ3) is 6.06. The van der Waals surface area contributed by atoms with Crippen molar-refractivity contribution in [3.8, 4) is 11.4 Å². The summed E-state index contributed by atoms with van der Waals surface area (Å²) in [5.74, 6) is 0.00643. The average molecular weight is 593 g/mol. The molecule has 1 unspecified atom stereocenters. The van der Waals surface area contributed by atoms with Crippen LogP contribution in [0.4, 0.5) is 8.78 Å². The van der Waals surface area contributed by atoms with E-state index in [0.29, 0.717) is 24.1 Å². The Balaban J connectivity index is 1.55. The molecule has 1 N–H and O–H groups in total. The van der Waals surface area contributed by atoms with Crippen LogP contribution in [0.3, 0.4) is 0 Å². The van der Waals surface area contributed by atoms with E-state index in [2.05, 4.69) is 10.2 Å². The SMILES string of the molecule is CCOP(=O)(OCC)C(F)(F)C(C)(O)c1cccc(O[C@@H]2CC[C@@H](C)N(C(=O)c3ccccc3-n3nccn3)C2)c1. The van der Waals surface area contributed by atoms with Crippen LogP contribution in [-0.4, -0.2) is 68.5 Å². The van der Waals surface area contributed by atoms with E-state index in [-0.39, 0.29) is 43.0 Å². The first-order valence-corrected chi connectivity index (χ1v) is 15.0. The van der Waals surface area contributed by atoms with Gasteiger partial charge in [0.25, 0.3) is 5.91 Å². The Morgan fingerprint density at radius 1 is 1.07 bits per heavy atom. The zero-order chi connectivity index (χ0) is 29.8. The molecule has 4 rings (SSSR count). The van der Waals surface area contributed by atoms with Crippen LogP contribution in [0.25, 0.3) is 5.69 Å². The number of amides is 1. The minimum Gasteiger partial charge on any atom is -0.489 e. The van der Waals surface area contributed by atoms with Gasteiger partial charge in [0.2, 0.25) is 0 Å². The van der Waals surface area contributed by atoms with E-state index < -0.39 is 25.0 Å². The number of hydrogen-bond donors (Lipinski definition) is 1. The predicted molar refractivity (Wildman–Crippen MR) is 147 cm³/mol. The van der Waals surface area contributed by atoms with E-state index >= 15 is 8.78 Å². The number of aliphatic hydroxyl groups is 1. The number of likely N-dealkylation sites (tertiary alicyclic amines) is 1. The molecule has 3 aromatic rings. The normalized spacial score (nSPS) is 19.5. The molecule has 2 aromatic carbocycles. The number of halogens is 2. The number of carbonyl (C=O) groups is 1. The lowest BCUT2D eigenvalue weighted by Gasteiger charge is -2.38. The fourth-order valence-corrected chi connectivity index (χ4v) is 6.56. The van der Waals surface area contributed by atoms with E-state index in [1.54, 1.807) is 35.2 Å². The zero-order valence-corrected chi connectivity index (χ0v) is 24.3. The largest absolute Gasteiger partial charge is 0.489 e. The lowest BCUT2D eigenvalue weighted by molar-refractivity contribution is -0.137. The Hall–Kier alpha value is -3.18. The highest BCUT2D eigenvalue weighted by Gasteiger charge is 2.65. The highest BCUT2D eigenvalue weighted by atomic mass is 31.2. The monoisotopic (exact) mass is 592 g/mol. The van der Waals surface area contributed by atoms with Gasteiger partial charge in [-0.1, -0.05) is 24.3 Å².